The monoisotopic (exact) mass is 234 g/mol. The lowest BCUT2D eigenvalue weighted by Gasteiger charge is -2.10. The van der Waals surface area contributed by atoms with Gasteiger partial charge in [0, 0.05) is 30.4 Å². The van der Waals surface area contributed by atoms with Crippen LogP contribution in [0.3, 0.4) is 0 Å². The predicted molar refractivity (Wildman–Crippen MR) is 57.8 cm³/mol. The number of thiophene rings is 1. The van der Waals surface area contributed by atoms with Crippen molar-refractivity contribution >= 4 is 21.4 Å². The summed E-state index contributed by atoms with van der Waals surface area (Å²) in [6.45, 7) is 2.18. The normalized spacial score (nSPS) is 12.4. The van der Waals surface area contributed by atoms with E-state index in [0.29, 0.717) is 11.4 Å². The molecule has 1 aromatic heterocycles. The molecule has 4 nitrogen and oxygen atoms in total. The Kier molecular flexibility index (Phi) is 3.31. The van der Waals surface area contributed by atoms with Gasteiger partial charge < -0.3 is 5.73 Å². The number of hydrogen-bond donors (Lipinski definition) is 1. The third-order valence-electron chi connectivity index (χ3n) is 1.88. The molecule has 14 heavy (non-hydrogen) atoms. The van der Waals surface area contributed by atoms with Crippen LogP contribution in [-0.2, 0) is 16.6 Å². The average molecular weight is 234 g/mol. The van der Waals surface area contributed by atoms with Gasteiger partial charge in [-0.1, -0.05) is 0 Å². The summed E-state index contributed by atoms with van der Waals surface area (Å²) in [4.78, 5) is 2.05. The van der Waals surface area contributed by atoms with Gasteiger partial charge in [0.15, 0.2) is 0 Å². The van der Waals surface area contributed by atoms with Crippen LogP contribution in [0.2, 0.25) is 0 Å². The van der Waals surface area contributed by atoms with E-state index < -0.39 is 10.0 Å². The van der Waals surface area contributed by atoms with Crippen LogP contribution in [0.5, 0.6) is 0 Å². The first kappa shape index (κ1) is 11.6. The summed E-state index contributed by atoms with van der Waals surface area (Å²) < 4.78 is 24.8. The van der Waals surface area contributed by atoms with Crippen molar-refractivity contribution in [3.8, 4) is 0 Å². The van der Waals surface area contributed by atoms with Gasteiger partial charge in [0.2, 0.25) is 10.0 Å². The van der Waals surface area contributed by atoms with Gasteiger partial charge in [-0.3, -0.25) is 0 Å². The largest absolute Gasteiger partial charge is 0.326 e. The Morgan fingerprint density at radius 1 is 1.50 bits per heavy atom. The lowest BCUT2D eigenvalue weighted by atomic mass is 10.4. The molecule has 0 unspecified atom stereocenters. The molecule has 0 aliphatic carbocycles. The van der Waals surface area contributed by atoms with Crippen molar-refractivity contribution in [2.75, 3.05) is 14.1 Å². The van der Waals surface area contributed by atoms with Gasteiger partial charge in [0.1, 0.15) is 0 Å². The van der Waals surface area contributed by atoms with Gasteiger partial charge >= 0.3 is 0 Å². The molecule has 0 radical (unpaired) electrons. The van der Waals surface area contributed by atoms with Crippen LogP contribution in [0.1, 0.15) is 9.75 Å². The molecular weight excluding hydrogens is 220 g/mol. The van der Waals surface area contributed by atoms with Gasteiger partial charge in [-0.25, -0.2) is 12.7 Å². The quantitative estimate of drug-likeness (QED) is 0.840. The van der Waals surface area contributed by atoms with Crippen LogP contribution in [-0.4, -0.2) is 26.8 Å². The zero-order valence-corrected chi connectivity index (χ0v) is 10.1. The summed E-state index contributed by atoms with van der Waals surface area (Å²) in [5.74, 6) is 0. The summed E-state index contributed by atoms with van der Waals surface area (Å²) in [6.07, 6.45) is 0. The number of rotatable bonds is 3. The molecule has 1 heterocycles. The molecule has 0 spiro atoms. The summed E-state index contributed by atoms with van der Waals surface area (Å²) in [7, 11) is -0.264. The van der Waals surface area contributed by atoms with Gasteiger partial charge in [-0.05, 0) is 13.0 Å². The molecule has 0 aromatic carbocycles. The molecule has 6 heteroatoms. The maximum Gasteiger partial charge on any atom is 0.243 e. The van der Waals surface area contributed by atoms with Gasteiger partial charge in [0.05, 0.1) is 4.90 Å². The highest BCUT2D eigenvalue weighted by atomic mass is 32.2. The second-order valence-electron chi connectivity index (χ2n) is 3.12. The van der Waals surface area contributed by atoms with Gasteiger partial charge in [0.25, 0.3) is 0 Å². The molecule has 0 amide bonds. The first-order valence-electron chi connectivity index (χ1n) is 4.11. The van der Waals surface area contributed by atoms with Crippen LogP contribution in [0.4, 0.5) is 0 Å². The van der Waals surface area contributed by atoms with Crippen molar-refractivity contribution in [1.82, 2.24) is 4.31 Å². The van der Waals surface area contributed by atoms with E-state index in [1.807, 2.05) is 0 Å². The van der Waals surface area contributed by atoms with E-state index in [0.717, 1.165) is 9.75 Å². The molecule has 0 bridgehead atoms. The summed E-state index contributed by atoms with van der Waals surface area (Å²) >= 11 is 1.43. The van der Waals surface area contributed by atoms with Crippen molar-refractivity contribution in [3.05, 3.63) is 15.8 Å². The first-order chi connectivity index (χ1) is 6.39. The summed E-state index contributed by atoms with van der Waals surface area (Å²) in [5, 5.41) is 0. The fraction of sp³-hybridized carbons (Fsp3) is 0.500. The lowest BCUT2D eigenvalue weighted by molar-refractivity contribution is 0.520. The molecule has 1 aromatic rings. The highest BCUT2D eigenvalue weighted by Crippen LogP contribution is 2.26. The second-order valence-corrected chi connectivity index (χ2v) is 6.59. The van der Waals surface area contributed by atoms with E-state index in [4.69, 9.17) is 5.73 Å². The lowest BCUT2D eigenvalue weighted by Crippen LogP contribution is -2.22. The van der Waals surface area contributed by atoms with E-state index in [-0.39, 0.29) is 0 Å². The number of hydrogen-bond acceptors (Lipinski definition) is 4. The molecule has 0 saturated heterocycles. The van der Waals surface area contributed by atoms with Crippen molar-refractivity contribution in [2.24, 2.45) is 5.73 Å². The Morgan fingerprint density at radius 3 is 2.43 bits per heavy atom. The highest BCUT2D eigenvalue weighted by molar-refractivity contribution is 7.89. The minimum atomic E-state index is -3.31. The van der Waals surface area contributed by atoms with Crippen molar-refractivity contribution in [1.29, 1.82) is 0 Å². The minimum absolute atomic E-state index is 0.368. The number of sulfonamides is 1. The van der Waals surface area contributed by atoms with Crippen LogP contribution < -0.4 is 5.73 Å². The topological polar surface area (TPSA) is 63.4 Å². The zero-order chi connectivity index (χ0) is 10.9. The van der Waals surface area contributed by atoms with E-state index >= 15 is 0 Å². The van der Waals surface area contributed by atoms with Gasteiger partial charge in [-0.15, -0.1) is 11.3 Å². The smallest absolute Gasteiger partial charge is 0.243 e. The van der Waals surface area contributed by atoms with Crippen molar-refractivity contribution in [3.63, 3.8) is 0 Å². The SMILES string of the molecule is Cc1sc(CN)cc1S(=O)(=O)N(C)C. The van der Waals surface area contributed by atoms with E-state index in [1.54, 1.807) is 13.0 Å². The predicted octanol–water partition coefficient (Wildman–Crippen LogP) is 0.766. The van der Waals surface area contributed by atoms with E-state index in [9.17, 15) is 8.42 Å². The molecule has 2 N–H and O–H groups in total. The van der Waals surface area contributed by atoms with Crippen molar-refractivity contribution in [2.45, 2.75) is 18.4 Å². The zero-order valence-electron chi connectivity index (χ0n) is 8.44. The molecule has 80 valence electrons. The van der Waals surface area contributed by atoms with Gasteiger partial charge in [-0.2, -0.15) is 0 Å². The third kappa shape index (κ3) is 1.98. The van der Waals surface area contributed by atoms with E-state index in [2.05, 4.69) is 0 Å². The molecule has 0 fully saturated rings. The maximum absolute atomic E-state index is 11.8. The summed E-state index contributed by atoms with van der Waals surface area (Å²) in [5.41, 5.74) is 5.45. The van der Waals surface area contributed by atoms with Crippen LogP contribution in [0.25, 0.3) is 0 Å². The molecule has 0 aliphatic heterocycles. The molecule has 1 rings (SSSR count). The Hall–Kier alpha value is -0.430. The summed E-state index contributed by atoms with van der Waals surface area (Å²) in [6, 6.07) is 1.65. The standard InChI is InChI=1S/C8H14N2O2S2/c1-6-8(4-7(5-9)13-6)14(11,12)10(2)3/h4H,5,9H2,1-3H3. The fourth-order valence-electron chi connectivity index (χ4n) is 1.08. The second kappa shape index (κ2) is 3.98. The van der Waals surface area contributed by atoms with Crippen molar-refractivity contribution < 1.29 is 8.42 Å². The van der Waals surface area contributed by atoms with Crippen LogP contribution in [0.15, 0.2) is 11.0 Å². The fourth-order valence-corrected chi connectivity index (χ4v) is 3.45. The maximum atomic E-state index is 11.8. The average Bonchev–Trinajstić information content (AvgIpc) is 2.47. The first-order valence-corrected chi connectivity index (χ1v) is 6.37. The van der Waals surface area contributed by atoms with Crippen LogP contribution >= 0.6 is 11.3 Å². The number of nitrogens with zero attached hydrogens (tertiary/aromatic N) is 1. The van der Waals surface area contributed by atoms with E-state index in [1.165, 1.54) is 29.7 Å². The molecule has 0 aliphatic rings. The Bertz CT molecular complexity index is 421. The number of nitrogens with two attached hydrogens (primary N) is 1. The highest BCUT2D eigenvalue weighted by Gasteiger charge is 2.21. The third-order valence-corrected chi connectivity index (χ3v) is 5.03. The minimum Gasteiger partial charge on any atom is -0.326 e. The molecular formula is C8H14N2O2S2. The molecule has 0 atom stereocenters. The number of aryl methyl sites for hydroxylation is 1. The molecule has 0 saturated carbocycles. The Labute approximate surface area is 88.4 Å². The van der Waals surface area contributed by atoms with Crippen LogP contribution in [0, 0.1) is 6.92 Å². The Balaban J connectivity index is 3.26. The Morgan fingerprint density at radius 2 is 2.07 bits per heavy atom.